The van der Waals surface area contributed by atoms with Crippen LogP contribution in [-0.4, -0.2) is 35.2 Å². The van der Waals surface area contributed by atoms with Crippen LogP contribution in [0, 0.1) is 11.7 Å². The number of aliphatic hydroxyl groups excluding tert-OH is 1. The van der Waals surface area contributed by atoms with Gasteiger partial charge in [0.1, 0.15) is 5.82 Å². The highest BCUT2D eigenvalue weighted by molar-refractivity contribution is 9.10. The normalized spacial score (nSPS) is 31.5. The maximum atomic E-state index is 13.3. The minimum atomic E-state index is -0.370. The molecule has 1 N–H and O–H groups in total. The topological polar surface area (TPSA) is 23.5 Å². The van der Waals surface area contributed by atoms with E-state index in [1.54, 1.807) is 6.07 Å². The summed E-state index contributed by atoms with van der Waals surface area (Å²) in [5, 5.41) is 10.5. The summed E-state index contributed by atoms with van der Waals surface area (Å²) in [6, 6.07) is 5.94. The zero-order valence-corrected chi connectivity index (χ0v) is 13.3. The highest BCUT2D eigenvalue weighted by Crippen LogP contribution is 2.39. The third-order valence-electron chi connectivity index (χ3n) is 5.12. The number of nitrogens with zero attached hydrogens (tertiary/aromatic N) is 1. The number of aliphatic hydroxyl groups is 1. The van der Waals surface area contributed by atoms with Crippen LogP contribution >= 0.6 is 15.9 Å². The Labute approximate surface area is 128 Å². The molecule has 3 rings (SSSR count). The van der Waals surface area contributed by atoms with Gasteiger partial charge in [0.15, 0.2) is 0 Å². The molecule has 0 saturated carbocycles. The van der Waals surface area contributed by atoms with Crippen molar-refractivity contribution < 1.29 is 9.50 Å². The summed E-state index contributed by atoms with van der Waals surface area (Å²) >= 11 is 3.44. The van der Waals surface area contributed by atoms with Gasteiger partial charge in [-0.15, -0.1) is 0 Å². The van der Waals surface area contributed by atoms with E-state index in [0.717, 1.165) is 22.9 Å². The van der Waals surface area contributed by atoms with E-state index >= 15 is 0 Å². The van der Waals surface area contributed by atoms with Crippen molar-refractivity contribution in [3.05, 3.63) is 34.1 Å². The van der Waals surface area contributed by atoms with Crippen LogP contribution in [0.3, 0.4) is 0 Å². The second-order valence-electron chi connectivity index (χ2n) is 6.29. The summed E-state index contributed by atoms with van der Waals surface area (Å²) < 4.78 is 14.2. The number of benzene rings is 1. The van der Waals surface area contributed by atoms with Gasteiger partial charge in [-0.05, 0) is 68.8 Å². The predicted molar refractivity (Wildman–Crippen MR) is 81.1 cm³/mol. The number of hydrogen-bond acceptors (Lipinski definition) is 2. The van der Waals surface area contributed by atoms with Crippen LogP contribution in [0.25, 0.3) is 0 Å². The molecular formula is C16H21BrFNO. The maximum Gasteiger partial charge on any atom is 0.123 e. The molecule has 2 nitrogen and oxygen atoms in total. The molecule has 3 atom stereocenters. The molecule has 0 aliphatic carbocycles. The highest BCUT2D eigenvalue weighted by atomic mass is 79.9. The molecule has 2 aliphatic rings. The Balaban J connectivity index is 1.68. The van der Waals surface area contributed by atoms with Gasteiger partial charge < -0.3 is 10.0 Å². The second-order valence-corrected chi connectivity index (χ2v) is 7.14. The van der Waals surface area contributed by atoms with Crippen LogP contribution in [-0.2, 0) is 6.42 Å². The van der Waals surface area contributed by atoms with E-state index in [4.69, 9.17) is 0 Å². The Morgan fingerprint density at radius 2 is 2.00 bits per heavy atom. The lowest BCUT2D eigenvalue weighted by Gasteiger charge is -2.38. The molecular weight excluding hydrogens is 321 g/mol. The molecule has 4 heteroatoms. The van der Waals surface area contributed by atoms with Gasteiger partial charge >= 0.3 is 0 Å². The number of rotatable bonds is 3. The van der Waals surface area contributed by atoms with Crippen molar-refractivity contribution in [2.75, 3.05) is 7.05 Å². The third kappa shape index (κ3) is 2.78. The van der Waals surface area contributed by atoms with Crippen molar-refractivity contribution in [3.8, 4) is 0 Å². The van der Waals surface area contributed by atoms with Gasteiger partial charge in [0.05, 0.1) is 6.10 Å². The molecule has 2 saturated heterocycles. The Hall–Kier alpha value is -0.450. The minimum Gasteiger partial charge on any atom is -0.392 e. The lowest BCUT2D eigenvalue weighted by Crippen LogP contribution is -2.43. The zero-order chi connectivity index (χ0) is 14.3. The Morgan fingerprint density at radius 1 is 1.35 bits per heavy atom. The molecule has 0 amide bonds. The lowest BCUT2D eigenvalue weighted by molar-refractivity contribution is 0.0367. The second kappa shape index (κ2) is 5.74. The number of piperidine rings is 1. The quantitative estimate of drug-likeness (QED) is 0.911. The summed E-state index contributed by atoms with van der Waals surface area (Å²) in [5.74, 6) is 0.109. The third-order valence-corrected chi connectivity index (χ3v) is 5.89. The van der Waals surface area contributed by atoms with Gasteiger partial charge in [-0.2, -0.15) is 0 Å². The van der Waals surface area contributed by atoms with Crippen LogP contribution in [0.5, 0.6) is 0 Å². The fourth-order valence-corrected chi connectivity index (χ4v) is 4.27. The highest BCUT2D eigenvalue weighted by Gasteiger charge is 2.40. The van der Waals surface area contributed by atoms with Crippen LogP contribution in [0.4, 0.5) is 4.39 Å². The smallest absolute Gasteiger partial charge is 0.123 e. The van der Waals surface area contributed by atoms with E-state index in [1.807, 2.05) is 0 Å². The molecule has 0 aromatic heterocycles. The Morgan fingerprint density at radius 3 is 2.65 bits per heavy atom. The van der Waals surface area contributed by atoms with Crippen LogP contribution in [0.2, 0.25) is 0 Å². The Bertz CT molecular complexity index is 481. The average molecular weight is 342 g/mol. The predicted octanol–water partition coefficient (Wildman–Crippen LogP) is 3.36. The van der Waals surface area contributed by atoms with Crippen molar-refractivity contribution in [1.82, 2.24) is 4.90 Å². The van der Waals surface area contributed by atoms with Crippen molar-refractivity contribution in [2.45, 2.75) is 50.3 Å². The van der Waals surface area contributed by atoms with Crippen LogP contribution in [0.15, 0.2) is 22.7 Å². The molecule has 110 valence electrons. The fourth-order valence-electron chi connectivity index (χ4n) is 3.86. The van der Waals surface area contributed by atoms with Crippen molar-refractivity contribution >= 4 is 15.9 Å². The SMILES string of the molecule is CN1C2CCC1CC(C(O)Cc1cc(F)ccc1Br)C2. The number of fused-ring (bicyclic) bond motifs is 2. The standard InChI is InChI=1S/C16H21BrFNO/c1-19-13-3-4-14(19)8-11(7-13)16(20)9-10-6-12(18)2-5-15(10)17/h2,5-6,11,13-14,16,20H,3-4,7-9H2,1H3. The van der Waals surface area contributed by atoms with E-state index in [2.05, 4.69) is 27.9 Å². The Kier molecular flexibility index (Phi) is 4.16. The number of hydrogen-bond donors (Lipinski definition) is 1. The molecule has 1 aromatic carbocycles. The van der Waals surface area contributed by atoms with E-state index < -0.39 is 0 Å². The van der Waals surface area contributed by atoms with Crippen LogP contribution < -0.4 is 0 Å². The first-order chi connectivity index (χ1) is 9.54. The van der Waals surface area contributed by atoms with E-state index in [0.29, 0.717) is 24.4 Å². The van der Waals surface area contributed by atoms with Gasteiger partial charge in [0.2, 0.25) is 0 Å². The molecule has 0 spiro atoms. The summed E-state index contributed by atoms with van der Waals surface area (Å²) in [7, 11) is 2.20. The van der Waals surface area contributed by atoms with Gasteiger partial charge in [-0.25, -0.2) is 4.39 Å². The molecule has 0 radical (unpaired) electrons. The lowest BCUT2D eigenvalue weighted by atomic mass is 9.84. The fraction of sp³-hybridized carbons (Fsp3) is 0.625. The molecule has 1 aromatic rings. The largest absolute Gasteiger partial charge is 0.392 e. The summed E-state index contributed by atoms with van der Waals surface area (Å²) in [6.45, 7) is 0. The average Bonchev–Trinajstić information content (AvgIpc) is 2.65. The maximum absolute atomic E-state index is 13.3. The van der Waals surface area contributed by atoms with E-state index in [1.165, 1.54) is 25.0 Å². The molecule has 2 fully saturated rings. The van der Waals surface area contributed by atoms with Crippen molar-refractivity contribution in [2.24, 2.45) is 5.92 Å². The van der Waals surface area contributed by atoms with Gasteiger partial charge in [-0.3, -0.25) is 0 Å². The van der Waals surface area contributed by atoms with E-state index in [-0.39, 0.29) is 11.9 Å². The molecule has 2 aliphatic heterocycles. The van der Waals surface area contributed by atoms with E-state index in [9.17, 15) is 9.50 Å². The van der Waals surface area contributed by atoms with Crippen molar-refractivity contribution in [1.29, 1.82) is 0 Å². The zero-order valence-electron chi connectivity index (χ0n) is 11.7. The summed E-state index contributed by atoms with van der Waals surface area (Å²) in [6.07, 6.45) is 4.82. The molecule has 3 unspecified atom stereocenters. The summed E-state index contributed by atoms with van der Waals surface area (Å²) in [5.41, 5.74) is 0.865. The molecule has 20 heavy (non-hydrogen) atoms. The van der Waals surface area contributed by atoms with Gasteiger partial charge in [0, 0.05) is 16.6 Å². The first-order valence-electron chi connectivity index (χ1n) is 7.38. The first kappa shape index (κ1) is 14.5. The van der Waals surface area contributed by atoms with Crippen LogP contribution in [0.1, 0.15) is 31.2 Å². The molecule has 2 heterocycles. The van der Waals surface area contributed by atoms with Gasteiger partial charge in [0.25, 0.3) is 0 Å². The first-order valence-corrected chi connectivity index (χ1v) is 8.18. The van der Waals surface area contributed by atoms with Crippen molar-refractivity contribution in [3.63, 3.8) is 0 Å². The summed E-state index contributed by atoms with van der Waals surface area (Å²) in [4.78, 5) is 2.47. The van der Waals surface area contributed by atoms with Gasteiger partial charge in [-0.1, -0.05) is 15.9 Å². The molecule has 2 bridgehead atoms. The minimum absolute atomic E-state index is 0.237. The number of halogens is 2. The monoisotopic (exact) mass is 341 g/mol.